The van der Waals surface area contributed by atoms with Gasteiger partial charge in [0.2, 0.25) is 5.88 Å². The summed E-state index contributed by atoms with van der Waals surface area (Å²) in [6.07, 6.45) is 0. The van der Waals surface area contributed by atoms with Crippen LogP contribution in [0.4, 0.5) is 4.39 Å². The second-order valence-corrected chi connectivity index (χ2v) is 8.71. The minimum atomic E-state index is -0.558. The van der Waals surface area contributed by atoms with Crippen LogP contribution in [0.15, 0.2) is 102 Å². The number of hydrogen-bond acceptors (Lipinski definition) is 7. The van der Waals surface area contributed by atoms with E-state index < -0.39 is 11.9 Å². The average Bonchev–Trinajstić information content (AvgIpc) is 2.96. The van der Waals surface area contributed by atoms with Crippen LogP contribution in [0, 0.1) is 17.1 Å². The molecule has 2 N–H and O–H groups in total. The molecule has 1 aliphatic heterocycles. The van der Waals surface area contributed by atoms with Crippen LogP contribution in [0.2, 0.25) is 0 Å². The van der Waals surface area contributed by atoms with Crippen LogP contribution in [0.25, 0.3) is 0 Å². The highest BCUT2D eigenvalue weighted by molar-refractivity contribution is 5.91. The maximum atomic E-state index is 13.2. The molecule has 5 rings (SSSR count). The number of esters is 1. The van der Waals surface area contributed by atoms with Gasteiger partial charge in [-0.2, -0.15) is 5.26 Å². The molecule has 7 nitrogen and oxygen atoms in total. The van der Waals surface area contributed by atoms with Crippen LogP contribution in [-0.2, 0) is 6.61 Å². The Hall–Kier alpha value is -5.29. The number of carbonyl (C=O) groups is 1. The van der Waals surface area contributed by atoms with Crippen molar-refractivity contribution in [1.82, 2.24) is 0 Å². The van der Waals surface area contributed by atoms with Crippen molar-refractivity contribution in [3.8, 4) is 29.1 Å². The molecule has 0 fully saturated rings. The van der Waals surface area contributed by atoms with Crippen LogP contribution in [0.5, 0.6) is 23.0 Å². The van der Waals surface area contributed by atoms with Gasteiger partial charge >= 0.3 is 5.97 Å². The van der Waals surface area contributed by atoms with E-state index in [-0.39, 0.29) is 29.6 Å². The molecule has 0 aromatic heterocycles. The van der Waals surface area contributed by atoms with E-state index in [0.717, 1.165) is 11.1 Å². The molecule has 4 aromatic rings. The van der Waals surface area contributed by atoms with E-state index in [1.165, 1.54) is 19.2 Å². The quantitative estimate of drug-likeness (QED) is 0.240. The van der Waals surface area contributed by atoms with E-state index in [4.69, 9.17) is 24.7 Å². The van der Waals surface area contributed by atoms with Gasteiger partial charge in [-0.15, -0.1) is 0 Å². The van der Waals surface area contributed by atoms with Gasteiger partial charge in [0.1, 0.15) is 35.6 Å². The number of benzene rings is 4. The normalized spacial score (nSPS) is 14.0. The largest absolute Gasteiger partial charge is 0.493 e. The van der Waals surface area contributed by atoms with Crippen molar-refractivity contribution in [3.05, 3.63) is 131 Å². The summed E-state index contributed by atoms with van der Waals surface area (Å²) in [6.45, 7) is 0.219. The molecule has 4 aromatic carbocycles. The average molecular weight is 523 g/mol. The number of carbonyl (C=O) groups excluding carboxylic acids is 1. The number of hydrogen-bond donors (Lipinski definition) is 1. The molecule has 0 amide bonds. The fourth-order valence-corrected chi connectivity index (χ4v) is 4.31. The Morgan fingerprint density at radius 2 is 1.77 bits per heavy atom. The topological polar surface area (TPSA) is 104 Å². The van der Waals surface area contributed by atoms with Gasteiger partial charge in [-0.3, -0.25) is 0 Å². The number of rotatable bonds is 7. The second-order valence-electron chi connectivity index (χ2n) is 8.71. The number of nitrogens with two attached hydrogens (primary N) is 1. The molecule has 194 valence electrons. The smallest absolute Gasteiger partial charge is 0.343 e. The van der Waals surface area contributed by atoms with Gasteiger partial charge in [0.15, 0.2) is 11.5 Å². The lowest BCUT2D eigenvalue weighted by molar-refractivity contribution is 0.0734. The molecule has 8 heteroatoms. The maximum Gasteiger partial charge on any atom is 0.343 e. The van der Waals surface area contributed by atoms with Crippen molar-refractivity contribution in [2.75, 3.05) is 7.11 Å². The molecule has 39 heavy (non-hydrogen) atoms. The second kappa shape index (κ2) is 11.0. The Labute approximate surface area is 224 Å². The molecule has 1 atom stereocenters. The minimum Gasteiger partial charge on any atom is -0.493 e. The molecule has 1 aliphatic rings. The summed E-state index contributed by atoms with van der Waals surface area (Å²) < 4.78 is 36.0. The van der Waals surface area contributed by atoms with E-state index in [1.807, 2.05) is 12.1 Å². The molecular formula is C31H23FN2O5. The van der Waals surface area contributed by atoms with Gasteiger partial charge in [0.05, 0.1) is 18.6 Å². The summed E-state index contributed by atoms with van der Waals surface area (Å²) in [6, 6.07) is 27.1. The third-order valence-corrected chi connectivity index (χ3v) is 6.24. The Bertz CT molecular complexity index is 1590. The van der Waals surface area contributed by atoms with Gasteiger partial charge in [0, 0.05) is 11.6 Å². The lowest BCUT2D eigenvalue weighted by Crippen LogP contribution is -2.21. The molecule has 1 heterocycles. The van der Waals surface area contributed by atoms with Crippen LogP contribution in [-0.4, -0.2) is 13.1 Å². The predicted octanol–water partition coefficient (Wildman–Crippen LogP) is 5.85. The Balaban J connectivity index is 1.43. The zero-order chi connectivity index (χ0) is 27.4. The predicted molar refractivity (Wildman–Crippen MR) is 141 cm³/mol. The van der Waals surface area contributed by atoms with Crippen LogP contribution in [0.3, 0.4) is 0 Å². The molecule has 1 unspecified atom stereocenters. The summed E-state index contributed by atoms with van der Waals surface area (Å²) in [4.78, 5) is 12.5. The first-order valence-electron chi connectivity index (χ1n) is 12.0. The van der Waals surface area contributed by atoms with E-state index in [1.54, 1.807) is 66.7 Å². The Morgan fingerprint density at radius 1 is 1.00 bits per heavy atom. The van der Waals surface area contributed by atoms with E-state index in [9.17, 15) is 14.4 Å². The highest BCUT2D eigenvalue weighted by atomic mass is 19.1. The standard InChI is InChI=1S/C31H23FN2O5/c1-36-28-15-21(9-14-26(28)37-18-19-7-10-22(32)11-8-19)29-24-13-12-23(16-27(24)39-30(34)25(29)17-33)38-31(35)20-5-3-2-4-6-20/h2-16,29H,18,34H2,1H3. The zero-order valence-corrected chi connectivity index (χ0v) is 20.9. The fraction of sp³-hybridized carbons (Fsp3) is 0.0968. The third-order valence-electron chi connectivity index (χ3n) is 6.24. The van der Waals surface area contributed by atoms with Crippen molar-refractivity contribution >= 4 is 5.97 Å². The lowest BCUT2D eigenvalue weighted by Gasteiger charge is -2.27. The number of nitriles is 1. The van der Waals surface area contributed by atoms with Crippen molar-refractivity contribution in [3.63, 3.8) is 0 Å². The SMILES string of the molecule is COc1cc(C2C(C#N)=C(N)Oc3cc(OC(=O)c4ccccc4)ccc32)ccc1OCc1ccc(F)cc1. The molecule has 0 aliphatic carbocycles. The summed E-state index contributed by atoms with van der Waals surface area (Å²) in [5.41, 5.74) is 8.98. The molecule has 0 spiro atoms. The van der Waals surface area contributed by atoms with Crippen molar-refractivity contribution in [2.24, 2.45) is 5.73 Å². The van der Waals surface area contributed by atoms with Crippen molar-refractivity contribution < 1.29 is 28.1 Å². The number of halogens is 1. The zero-order valence-electron chi connectivity index (χ0n) is 20.9. The molecular weight excluding hydrogens is 499 g/mol. The minimum absolute atomic E-state index is 0.0443. The van der Waals surface area contributed by atoms with Crippen LogP contribution >= 0.6 is 0 Å². The molecule has 0 saturated heterocycles. The highest BCUT2D eigenvalue weighted by Gasteiger charge is 2.32. The molecule has 0 radical (unpaired) electrons. The van der Waals surface area contributed by atoms with Gasteiger partial charge in [0.25, 0.3) is 0 Å². The van der Waals surface area contributed by atoms with E-state index in [0.29, 0.717) is 28.4 Å². The number of fused-ring (bicyclic) bond motifs is 1. The number of allylic oxidation sites excluding steroid dienone is 1. The van der Waals surface area contributed by atoms with Gasteiger partial charge < -0.3 is 24.7 Å². The Kier molecular flexibility index (Phi) is 7.15. The molecule has 0 bridgehead atoms. The van der Waals surface area contributed by atoms with Crippen molar-refractivity contribution in [1.29, 1.82) is 5.26 Å². The van der Waals surface area contributed by atoms with E-state index in [2.05, 4.69) is 6.07 Å². The number of nitrogens with zero attached hydrogens (tertiary/aromatic N) is 1. The summed E-state index contributed by atoms with van der Waals surface area (Å²) in [5.74, 6) is 0.144. The van der Waals surface area contributed by atoms with Crippen molar-refractivity contribution in [2.45, 2.75) is 12.5 Å². The summed E-state index contributed by atoms with van der Waals surface area (Å²) >= 11 is 0. The van der Waals surface area contributed by atoms with E-state index >= 15 is 0 Å². The van der Waals surface area contributed by atoms with Crippen LogP contribution < -0.4 is 24.7 Å². The first-order valence-corrected chi connectivity index (χ1v) is 12.0. The third kappa shape index (κ3) is 5.38. The van der Waals surface area contributed by atoms with Gasteiger partial charge in [-0.25, -0.2) is 9.18 Å². The molecule has 0 saturated carbocycles. The number of methoxy groups -OCH3 is 1. The van der Waals surface area contributed by atoms with Gasteiger partial charge in [-0.1, -0.05) is 42.5 Å². The number of ether oxygens (including phenoxy) is 4. The lowest BCUT2D eigenvalue weighted by atomic mass is 9.83. The first-order chi connectivity index (χ1) is 19.0. The first kappa shape index (κ1) is 25.4. The van der Waals surface area contributed by atoms with Crippen LogP contribution in [0.1, 0.15) is 33.0 Å². The monoisotopic (exact) mass is 522 g/mol. The summed E-state index contributed by atoms with van der Waals surface area (Å²) in [5, 5.41) is 9.91. The fourth-order valence-electron chi connectivity index (χ4n) is 4.31. The Morgan fingerprint density at radius 3 is 2.49 bits per heavy atom. The highest BCUT2D eigenvalue weighted by Crippen LogP contribution is 2.45. The van der Waals surface area contributed by atoms with Gasteiger partial charge in [-0.05, 0) is 53.6 Å². The maximum absolute atomic E-state index is 13.2. The summed E-state index contributed by atoms with van der Waals surface area (Å²) in [7, 11) is 1.52.